The van der Waals surface area contributed by atoms with Crippen LogP contribution in [0.2, 0.25) is 0 Å². The van der Waals surface area contributed by atoms with E-state index in [-0.39, 0.29) is 50.1 Å². The number of rotatable bonds is 3. The number of alkyl halides is 3. The molecule has 2 saturated carbocycles. The molecule has 0 heterocycles. The van der Waals surface area contributed by atoms with E-state index in [0.717, 1.165) is 0 Å². The molecule has 7 heteroatoms. The van der Waals surface area contributed by atoms with Crippen LogP contribution in [0.25, 0.3) is 0 Å². The molecule has 0 atom stereocenters. The number of nitrogens with one attached hydrogen (secondary N) is 1. The molecule has 0 aliphatic heterocycles. The molecule has 0 aromatic carbocycles. The maximum atomic E-state index is 12.7. The maximum Gasteiger partial charge on any atom is 0.391 e. The number of ketones is 2. The first kappa shape index (κ1) is 18.9. The fourth-order valence-corrected chi connectivity index (χ4v) is 3.68. The van der Waals surface area contributed by atoms with Gasteiger partial charge in [0.05, 0.1) is 5.92 Å². The number of Topliss-reactive ketones (excluding diaryl/α,β-unsaturated/α-hetero) is 2. The lowest BCUT2D eigenvalue weighted by molar-refractivity contribution is -0.182. The fraction of sp³-hybridized carbons (Fsp3) is 0.824. The highest BCUT2D eigenvalue weighted by Crippen LogP contribution is 2.39. The van der Waals surface area contributed by atoms with Crippen LogP contribution in [0.15, 0.2) is 0 Å². The van der Waals surface area contributed by atoms with Crippen molar-refractivity contribution < 1.29 is 27.6 Å². The van der Waals surface area contributed by atoms with Crippen molar-refractivity contribution in [1.82, 2.24) is 5.32 Å². The summed E-state index contributed by atoms with van der Waals surface area (Å²) in [6.07, 6.45) is -2.77. The molecule has 0 aromatic heterocycles. The van der Waals surface area contributed by atoms with Crippen molar-refractivity contribution in [2.75, 3.05) is 0 Å². The van der Waals surface area contributed by atoms with Gasteiger partial charge >= 0.3 is 6.18 Å². The van der Waals surface area contributed by atoms with Crippen molar-refractivity contribution in [3.8, 4) is 0 Å². The highest BCUT2D eigenvalue weighted by Gasteiger charge is 2.46. The largest absolute Gasteiger partial charge is 0.391 e. The molecule has 2 rings (SSSR count). The van der Waals surface area contributed by atoms with Gasteiger partial charge in [-0.1, -0.05) is 13.8 Å². The van der Waals surface area contributed by atoms with Gasteiger partial charge in [0.2, 0.25) is 5.91 Å². The second kappa shape index (κ2) is 6.84. The third-order valence-corrected chi connectivity index (χ3v) is 5.50. The number of hydrogen-bond acceptors (Lipinski definition) is 3. The van der Waals surface area contributed by atoms with Crippen molar-refractivity contribution in [3.05, 3.63) is 0 Å². The number of hydrogen-bond donors (Lipinski definition) is 1. The summed E-state index contributed by atoms with van der Waals surface area (Å²) < 4.78 is 38.0. The lowest BCUT2D eigenvalue weighted by Crippen LogP contribution is -2.50. The minimum Gasteiger partial charge on any atom is -0.352 e. The van der Waals surface area contributed by atoms with Crippen LogP contribution in [0, 0.1) is 17.3 Å². The van der Waals surface area contributed by atoms with Gasteiger partial charge in [-0.05, 0) is 37.5 Å². The Hall–Kier alpha value is -1.40. The van der Waals surface area contributed by atoms with Gasteiger partial charge in [0.1, 0.15) is 0 Å². The van der Waals surface area contributed by atoms with E-state index in [9.17, 15) is 27.6 Å². The Labute approximate surface area is 139 Å². The number of halogens is 3. The lowest BCUT2D eigenvalue weighted by atomic mass is 9.68. The van der Waals surface area contributed by atoms with E-state index < -0.39 is 35.4 Å². The van der Waals surface area contributed by atoms with Crippen LogP contribution in [0.5, 0.6) is 0 Å². The first-order valence-corrected chi connectivity index (χ1v) is 8.48. The summed E-state index contributed by atoms with van der Waals surface area (Å²) >= 11 is 0. The number of carbonyl (C=O) groups is 3. The highest BCUT2D eigenvalue weighted by atomic mass is 19.4. The monoisotopic (exact) mass is 347 g/mol. The molecular weight excluding hydrogens is 323 g/mol. The number of amides is 1. The normalized spacial score (nSPS) is 35.0. The summed E-state index contributed by atoms with van der Waals surface area (Å²) in [5.41, 5.74) is -0.393. The zero-order chi connectivity index (χ0) is 18.1. The Kier molecular flexibility index (Phi) is 5.40. The average molecular weight is 347 g/mol. The van der Waals surface area contributed by atoms with E-state index in [4.69, 9.17) is 0 Å². The van der Waals surface area contributed by atoms with Crippen LogP contribution in [0.4, 0.5) is 13.2 Å². The zero-order valence-electron chi connectivity index (χ0n) is 14.0. The minimum absolute atomic E-state index is 0.0328. The molecular formula is C17H24F3NO3. The SMILES string of the molecule is CCC1(C)CC(=O)C(C(=O)NC2CCC(C(F)(F)F)CC2)C(=O)C1. The van der Waals surface area contributed by atoms with Crippen LogP contribution in [0.1, 0.15) is 58.8 Å². The van der Waals surface area contributed by atoms with Crippen molar-refractivity contribution in [3.63, 3.8) is 0 Å². The molecule has 0 bridgehead atoms. The summed E-state index contributed by atoms with van der Waals surface area (Å²) in [7, 11) is 0. The molecule has 2 fully saturated rings. The zero-order valence-corrected chi connectivity index (χ0v) is 14.0. The third kappa shape index (κ3) is 4.16. The smallest absolute Gasteiger partial charge is 0.352 e. The van der Waals surface area contributed by atoms with Gasteiger partial charge in [0.15, 0.2) is 17.5 Å². The molecule has 1 amide bonds. The van der Waals surface area contributed by atoms with Crippen molar-refractivity contribution >= 4 is 17.5 Å². The number of carbonyl (C=O) groups excluding carboxylic acids is 3. The predicted molar refractivity (Wildman–Crippen MR) is 81.1 cm³/mol. The van der Waals surface area contributed by atoms with Gasteiger partial charge < -0.3 is 5.32 Å². The van der Waals surface area contributed by atoms with Gasteiger partial charge in [-0.2, -0.15) is 13.2 Å². The highest BCUT2D eigenvalue weighted by molar-refractivity contribution is 6.20. The topological polar surface area (TPSA) is 63.2 Å². The fourth-order valence-electron chi connectivity index (χ4n) is 3.68. The van der Waals surface area contributed by atoms with E-state index in [0.29, 0.717) is 6.42 Å². The lowest BCUT2D eigenvalue weighted by Gasteiger charge is -2.35. The Morgan fingerprint density at radius 1 is 1.12 bits per heavy atom. The minimum atomic E-state index is -4.20. The molecule has 2 aliphatic carbocycles. The third-order valence-electron chi connectivity index (χ3n) is 5.50. The van der Waals surface area contributed by atoms with Gasteiger partial charge in [-0.25, -0.2) is 0 Å². The predicted octanol–water partition coefficient (Wildman–Crippen LogP) is 3.19. The quantitative estimate of drug-likeness (QED) is 0.798. The molecule has 0 unspecified atom stereocenters. The molecule has 0 spiro atoms. The summed E-state index contributed by atoms with van der Waals surface area (Å²) in [6, 6.07) is -0.392. The van der Waals surface area contributed by atoms with Crippen LogP contribution in [0.3, 0.4) is 0 Å². The van der Waals surface area contributed by atoms with Gasteiger partial charge in [-0.3, -0.25) is 14.4 Å². The molecule has 4 nitrogen and oxygen atoms in total. The summed E-state index contributed by atoms with van der Waals surface area (Å²) in [6.45, 7) is 3.76. The second-order valence-corrected chi connectivity index (χ2v) is 7.48. The first-order chi connectivity index (χ1) is 11.1. The van der Waals surface area contributed by atoms with E-state index in [1.165, 1.54) is 0 Å². The summed E-state index contributed by atoms with van der Waals surface area (Å²) in [4.78, 5) is 36.7. The summed E-state index contributed by atoms with van der Waals surface area (Å²) in [5, 5.41) is 2.62. The van der Waals surface area contributed by atoms with Crippen LogP contribution >= 0.6 is 0 Å². The van der Waals surface area contributed by atoms with Crippen molar-refractivity contribution in [1.29, 1.82) is 0 Å². The molecule has 136 valence electrons. The second-order valence-electron chi connectivity index (χ2n) is 7.48. The Balaban J connectivity index is 1.92. The molecule has 1 N–H and O–H groups in total. The van der Waals surface area contributed by atoms with E-state index >= 15 is 0 Å². The Morgan fingerprint density at radius 3 is 2.04 bits per heavy atom. The van der Waals surface area contributed by atoms with E-state index in [1.807, 2.05) is 13.8 Å². The molecule has 0 radical (unpaired) electrons. The van der Waals surface area contributed by atoms with Crippen molar-refractivity contribution in [2.45, 2.75) is 71.0 Å². The van der Waals surface area contributed by atoms with Crippen molar-refractivity contribution in [2.24, 2.45) is 17.3 Å². The van der Waals surface area contributed by atoms with E-state index in [1.54, 1.807) is 0 Å². The van der Waals surface area contributed by atoms with E-state index in [2.05, 4.69) is 5.32 Å². The molecule has 2 aliphatic rings. The summed E-state index contributed by atoms with van der Waals surface area (Å²) in [5.74, 6) is -4.01. The maximum absolute atomic E-state index is 12.7. The average Bonchev–Trinajstić information content (AvgIpc) is 2.45. The Morgan fingerprint density at radius 2 is 1.62 bits per heavy atom. The Bertz CT molecular complexity index is 504. The van der Waals surface area contributed by atoms with Gasteiger partial charge in [-0.15, -0.1) is 0 Å². The van der Waals surface area contributed by atoms with Crippen LogP contribution < -0.4 is 5.32 Å². The molecule has 24 heavy (non-hydrogen) atoms. The van der Waals surface area contributed by atoms with Crippen LogP contribution in [-0.2, 0) is 14.4 Å². The molecule has 0 aromatic rings. The van der Waals surface area contributed by atoms with Crippen LogP contribution in [-0.4, -0.2) is 29.7 Å². The standard InChI is InChI=1S/C17H24F3NO3/c1-3-16(2)8-12(22)14(13(23)9-16)15(24)21-11-6-4-10(5-7-11)17(18,19)20/h10-11,14H,3-9H2,1-2H3,(H,21,24). The van der Waals surface area contributed by atoms with Gasteiger partial charge in [0.25, 0.3) is 0 Å². The van der Waals surface area contributed by atoms with Gasteiger partial charge in [0, 0.05) is 18.9 Å². The first-order valence-electron chi connectivity index (χ1n) is 8.48. The molecule has 0 saturated heterocycles.